The molecule has 2 N–H and O–H groups in total. The van der Waals surface area contributed by atoms with E-state index in [9.17, 15) is 14.4 Å². The monoisotopic (exact) mass is 362 g/mol. The van der Waals surface area contributed by atoms with Gasteiger partial charge in [0.1, 0.15) is 0 Å². The number of aliphatic carboxylic acids is 1. The van der Waals surface area contributed by atoms with Gasteiger partial charge in [0.15, 0.2) is 0 Å². The largest absolute Gasteiger partial charge is 0.481 e. The summed E-state index contributed by atoms with van der Waals surface area (Å²) in [6.45, 7) is 0.748. The van der Waals surface area contributed by atoms with Crippen molar-refractivity contribution in [2.24, 2.45) is 5.92 Å². The number of aryl methyl sites for hydroxylation is 1. The van der Waals surface area contributed by atoms with Crippen molar-refractivity contribution in [1.29, 1.82) is 0 Å². The lowest BCUT2D eigenvalue weighted by Crippen LogP contribution is -2.47. The number of carbonyl (C=O) groups excluding carboxylic acids is 2. The third-order valence-electron chi connectivity index (χ3n) is 5.38. The van der Waals surface area contributed by atoms with Crippen LogP contribution in [0.3, 0.4) is 0 Å². The van der Waals surface area contributed by atoms with Gasteiger partial charge in [0, 0.05) is 25.8 Å². The van der Waals surface area contributed by atoms with E-state index in [4.69, 9.17) is 5.11 Å². The molecule has 1 aliphatic carbocycles. The molecule has 0 saturated carbocycles. The number of hydrogen-bond acceptors (Lipinski definition) is 4. The number of carboxylic acids is 1. The van der Waals surface area contributed by atoms with Crippen LogP contribution in [0.5, 0.6) is 0 Å². The maximum atomic E-state index is 12.5. The molecule has 1 atom stereocenters. The zero-order valence-corrected chi connectivity index (χ0v) is 15.2. The normalized spacial score (nSPS) is 19.7. The Kier molecular flexibility index (Phi) is 5.58. The molecule has 1 aromatic rings. The first-order valence-corrected chi connectivity index (χ1v) is 9.25. The lowest BCUT2D eigenvalue weighted by molar-refractivity contribution is -0.147. The molecular formula is C18H26N4O4. The molecule has 8 nitrogen and oxygen atoms in total. The van der Waals surface area contributed by atoms with Crippen LogP contribution in [0.1, 0.15) is 42.6 Å². The minimum absolute atomic E-state index is 0.0300. The van der Waals surface area contributed by atoms with Crippen LogP contribution in [0.4, 0.5) is 0 Å². The van der Waals surface area contributed by atoms with Crippen molar-refractivity contribution in [2.45, 2.75) is 44.9 Å². The average molecular weight is 362 g/mol. The van der Waals surface area contributed by atoms with Crippen LogP contribution in [0, 0.1) is 5.92 Å². The average Bonchev–Trinajstić information content (AvgIpc) is 3.04. The highest BCUT2D eigenvalue weighted by atomic mass is 16.4. The molecule has 26 heavy (non-hydrogen) atoms. The Morgan fingerprint density at radius 3 is 2.81 bits per heavy atom. The van der Waals surface area contributed by atoms with Gasteiger partial charge in [-0.05, 0) is 44.1 Å². The van der Waals surface area contributed by atoms with Crippen molar-refractivity contribution >= 4 is 17.8 Å². The molecule has 0 bridgehead atoms. The third-order valence-corrected chi connectivity index (χ3v) is 5.38. The molecule has 1 aliphatic heterocycles. The molecule has 142 valence electrons. The summed E-state index contributed by atoms with van der Waals surface area (Å²) in [6, 6.07) is 0. The molecule has 2 aliphatic rings. The van der Waals surface area contributed by atoms with Crippen molar-refractivity contribution in [3.8, 4) is 0 Å². The van der Waals surface area contributed by atoms with Crippen LogP contribution in [0.15, 0.2) is 0 Å². The molecule has 0 aromatic carbocycles. The Balaban J connectivity index is 1.54. The van der Waals surface area contributed by atoms with E-state index in [2.05, 4.69) is 10.2 Å². The predicted molar refractivity (Wildman–Crippen MR) is 93.5 cm³/mol. The van der Waals surface area contributed by atoms with Crippen LogP contribution < -0.4 is 0 Å². The van der Waals surface area contributed by atoms with E-state index in [1.165, 1.54) is 4.90 Å². The number of rotatable bonds is 5. The maximum Gasteiger partial charge on any atom is 0.308 e. The van der Waals surface area contributed by atoms with Gasteiger partial charge in [-0.15, -0.1) is 0 Å². The molecular weight excluding hydrogens is 336 g/mol. The van der Waals surface area contributed by atoms with Crippen LogP contribution in [0.25, 0.3) is 0 Å². The van der Waals surface area contributed by atoms with Gasteiger partial charge >= 0.3 is 5.97 Å². The van der Waals surface area contributed by atoms with E-state index in [-0.39, 0.29) is 31.3 Å². The van der Waals surface area contributed by atoms with E-state index in [1.54, 1.807) is 11.9 Å². The summed E-state index contributed by atoms with van der Waals surface area (Å²) in [5.41, 5.74) is 3.07. The quantitative estimate of drug-likeness (QED) is 0.798. The Morgan fingerprint density at radius 2 is 2.04 bits per heavy atom. The molecule has 1 saturated heterocycles. The summed E-state index contributed by atoms with van der Waals surface area (Å²) in [4.78, 5) is 39.0. The number of carboxylic acid groups (broad SMARTS) is 1. The first kappa shape index (κ1) is 18.4. The molecule has 1 aromatic heterocycles. The Labute approximate surface area is 152 Å². The number of nitrogens with zero attached hydrogens (tertiary/aromatic N) is 3. The number of piperidine rings is 1. The number of hydrogen-bond donors (Lipinski definition) is 2. The van der Waals surface area contributed by atoms with Gasteiger partial charge in [-0.2, -0.15) is 5.10 Å². The fraction of sp³-hybridized carbons (Fsp3) is 0.667. The van der Waals surface area contributed by atoms with Crippen LogP contribution in [-0.2, 0) is 33.6 Å². The van der Waals surface area contributed by atoms with Crippen molar-refractivity contribution in [1.82, 2.24) is 20.0 Å². The first-order chi connectivity index (χ1) is 12.5. The minimum atomic E-state index is -0.866. The van der Waals surface area contributed by atoms with Crippen molar-refractivity contribution in [3.63, 3.8) is 0 Å². The summed E-state index contributed by atoms with van der Waals surface area (Å²) in [5.74, 6) is -1.72. The molecule has 8 heteroatoms. The lowest BCUT2D eigenvalue weighted by atomic mass is 9.95. The smallest absolute Gasteiger partial charge is 0.308 e. The van der Waals surface area contributed by atoms with Crippen molar-refractivity contribution < 1.29 is 19.5 Å². The lowest BCUT2D eigenvalue weighted by Gasteiger charge is -2.32. The Morgan fingerprint density at radius 1 is 1.27 bits per heavy atom. The topological polar surface area (TPSA) is 107 Å². The SMILES string of the molecule is CN(CC(=O)N1CCCC(C(=O)O)C1)C(=O)Cc1n[nH]c2c1CCCC2. The van der Waals surface area contributed by atoms with Crippen molar-refractivity contribution in [3.05, 3.63) is 17.0 Å². The minimum Gasteiger partial charge on any atom is -0.481 e. The number of likely N-dealkylation sites (tertiary alicyclic amines) is 1. The standard InChI is InChI=1S/C18H26N4O4/c1-21(11-17(24)22-8-4-5-12(10-22)18(25)26)16(23)9-15-13-6-2-3-7-14(13)19-20-15/h12H,2-11H2,1H3,(H,19,20)(H,25,26). The molecule has 0 radical (unpaired) electrons. The third kappa shape index (κ3) is 4.05. The highest BCUT2D eigenvalue weighted by Gasteiger charge is 2.29. The first-order valence-electron chi connectivity index (χ1n) is 9.25. The number of aromatic amines is 1. The summed E-state index contributed by atoms with van der Waals surface area (Å²) in [6.07, 6.45) is 5.64. The predicted octanol–water partition coefficient (Wildman–Crippen LogP) is 0.613. The number of H-pyrrole nitrogens is 1. The van der Waals surface area contributed by atoms with Gasteiger partial charge in [-0.25, -0.2) is 0 Å². The highest BCUT2D eigenvalue weighted by Crippen LogP contribution is 2.22. The number of aromatic nitrogens is 2. The second-order valence-electron chi connectivity index (χ2n) is 7.28. The maximum absolute atomic E-state index is 12.5. The molecule has 0 spiro atoms. The number of fused-ring (bicyclic) bond motifs is 1. The number of carbonyl (C=O) groups is 3. The van der Waals surface area contributed by atoms with Gasteiger partial charge in [0.25, 0.3) is 0 Å². The summed E-state index contributed by atoms with van der Waals surface area (Å²) in [5, 5.41) is 16.4. The fourth-order valence-electron chi connectivity index (χ4n) is 3.77. The summed E-state index contributed by atoms with van der Waals surface area (Å²) in [7, 11) is 1.61. The Hall–Kier alpha value is -2.38. The molecule has 1 unspecified atom stereocenters. The zero-order chi connectivity index (χ0) is 18.7. The van der Waals surface area contributed by atoms with Gasteiger partial charge < -0.3 is 14.9 Å². The zero-order valence-electron chi connectivity index (χ0n) is 15.2. The van der Waals surface area contributed by atoms with Gasteiger partial charge in [-0.3, -0.25) is 19.5 Å². The summed E-state index contributed by atoms with van der Waals surface area (Å²) >= 11 is 0. The number of likely N-dealkylation sites (N-methyl/N-ethyl adjacent to an activating group) is 1. The number of amides is 2. The van der Waals surface area contributed by atoms with Crippen LogP contribution in [0.2, 0.25) is 0 Å². The number of nitrogens with one attached hydrogen (secondary N) is 1. The second-order valence-corrected chi connectivity index (χ2v) is 7.28. The molecule has 3 rings (SSSR count). The van der Waals surface area contributed by atoms with Crippen LogP contribution >= 0.6 is 0 Å². The summed E-state index contributed by atoms with van der Waals surface area (Å²) < 4.78 is 0. The fourth-order valence-corrected chi connectivity index (χ4v) is 3.77. The second kappa shape index (κ2) is 7.88. The molecule has 1 fully saturated rings. The van der Waals surface area contributed by atoms with Crippen molar-refractivity contribution in [2.75, 3.05) is 26.7 Å². The van der Waals surface area contributed by atoms with E-state index < -0.39 is 11.9 Å². The van der Waals surface area contributed by atoms with Gasteiger partial charge in [0.05, 0.1) is 24.6 Å². The van der Waals surface area contributed by atoms with Gasteiger partial charge in [-0.1, -0.05) is 0 Å². The van der Waals surface area contributed by atoms with Crippen LogP contribution in [-0.4, -0.2) is 69.6 Å². The van der Waals surface area contributed by atoms with E-state index in [0.717, 1.165) is 42.6 Å². The Bertz CT molecular complexity index is 699. The van der Waals surface area contributed by atoms with Gasteiger partial charge in [0.2, 0.25) is 11.8 Å². The van der Waals surface area contributed by atoms with E-state index in [0.29, 0.717) is 19.4 Å². The highest BCUT2D eigenvalue weighted by molar-refractivity contribution is 5.86. The molecule has 2 heterocycles. The van der Waals surface area contributed by atoms with E-state index >= 15 is 0 Å². The molecule has 2 amide bonds. The van der Waals surface area contributed by atoms with E-state index in [1.807, 2.05) is 0 Å².